The van der Waals surface area contributed by atoms with E-state index in [-0.39, 0.29) is 17.0 Å². The van der Waals surface area contributed by atoms with Crippen LogP contribution in [0, 0.1) is 0 Å². The third-order valence-corrected chi connectivity index (χ3v) is 8.11. The number of ether oxygens (including phenoxy) is 1. The maximum atomic E-state index is 13.3. The Morgan fingerprint density at radius 2 is 1.26 bits per heavy atom. The molecule has 0 unspecified atom stereocenters. The summed E-state index contributed by atoms with van der Waals surface area (Å²) >= 11 is 0. The number of ketones is 1. The lowest BCUT2D eigenvalue weighted by molar-refractivity contribution is 0.0675. The van der Waals surface area contributed by atoms with Crippen molar-refractivity contribution in [3.63, 3.8) is 0 Å². The SMILES string of the molecule is CCCCCCCCCCCC(=O)c1c(C(=O)O)n(CCCCCCCCOc2ccc(C(=O)O)cc2)c2ccccc12. The highest BCUT2D eigenvalue weighted by Gasteiger charge is 2.26. The fourth-order valence-electron chi connectivity index (χ4n) is 5.72. The Morgan fingerprint density at radius 1 is 0.674 bits per heavy atom. The van der Waals surface area contributed by atoms with Gasteiger partial charge in [0.15, 0.2) is 5.78 Å². The molecular weight excluding hydrogens is 542 g/mol. The number of unbranched alkanes of at least 4 members (excludes halogenated alkanes) is 13. The van der Waals surface area contributed by atoms with Crippen molar-refractivity contribution in [1.29, 1.82) is 0 Å². The normalized spacial score (nSPS) is 11.2. The largest absolute Gasteiger partial charge is 0.494 e. The second-order valence-corrected chi connectivity index (χ2v) is 11.5. The quantitative estimate of drug-likeness (QED) is 0.0840. The number of para-hydroxylation sites is 1. The smallest absolute Gasteiger partial charge is 0.353 e. The number of hydrogen-bond acceptors (Lipinski definition) is 4. The van der Waals surface area contributed by atoms with Gasteiger partial charge in [0, 0.05) is 23.9 Å². The molecule has 2 aromatic carbocycles. The lowest BCUT2D eigenvalue weighted by atomic mass is 10.0. The summed E-state index contributed by atoms with van der Waals surface area (Å²) in [6, 6.07) is 14.0. The molecular formula is C36H49NO6. The molecule has 7 nitrogen and oxygen atoms in total. The second kappa shape index (κ2) is 18.8. The summed E-state index contributed by atoms with van der Waals surface area (Å²) in [5.41, 5.74) is 1.58. The second-order valence-electron chi connectivity index (χ2n) is 11.5. The van der Waals surface area contributed by atoms with Gasteiger partial charge in [-0.1, -0.05) is 102 Å². The van der Waals surface area contributed by atoms with Gasteiger partial charge in [0.05, 0.1) is 17.7 Å². The molecule has 0 aliphatic heterocycles. The summed E-state index contributed by atoms with van der Waals surface area (Å²) in [4.78, 5) is 36.7. The van der Waals surface area contributed by atoms with Gasteiger partial charge in [-0.3, -0.25) is 4.79 Å². The highest BCUT2D eigenvalue weighted by atomic mass is 16.5. The summed E-state index contributed by atoms with van der Waals surface area (Å²) in [6.07, 6.45) is 16.8. The van der Waals surface area contributed by atoms with Gasteiger partial charge in [0.2, 0.25) is 0 Å². The maximum Gasteiger partial charge on any atom is 0.353 e. The highest BCUT2D eigenvalue weighted by Crippen LogP contribution is 2.29. The Morgan fingerprint density at radius 3 is 1.88 bits per heavy atom. The molecule has 0 fully saturated rings. The minimum Gasteiger partial charge on any atom is -0.494 e. The van der Waals surface area contributed by atoms with E-state index in [4.69, 9.17) is 9.84 Å². The van der Waals surface area contributed by atoms with Gasteiger partial charge in [-0.05, 0) is 49.6 Å². The number of benzene rings is 2. The zero-order valence-corrected chi connectivity index (χ0v) is 25.8. The van der Waals surface area contributed by atoms with E-state index in [9.17, 15) is 19.5 Å². The summed E-state index contributed by atoms with van der Waals surface area (Å²) in [5, 5.41) is 19.9. The first-order valence-corrected chi connectivity index (χ1v) is 16.3. The average Bonchev–Trinajstić information content (AvgIpc) is 3.34. The summed E-state index contributed by atoms with van der Waals surface area (Å²) in [5.74, 6) is -1.38. The van der Waals surface area contributed by atoms with Crippen molar-refractivity contribution in [3.8, 4) is 5.75 Å². The minimum absolute atomic E-state index is 0.0599. The molecule has 0 radical (unpaired) electrons. The van der Waals surface area contributed by atoms with Crippen LogP contribution in [0.1, 0.15) is 141 Å². The van der Waals surface area contributed by atoms with Gasteiger partial charge in [-0.25, -0.2) is 9.59 Å². The zero-order chi connectivity index (χ0) is 30.9. The number of fused-ring (bicyclic) bond motifs is 1. The number of Topliss-reactive ketones (excluding diaryl/α,β-unsaturated/α-hetero) is 1. The van der Waals surface area contributed by atoms with Crippen LogP contribution in [-0.2, 0) is 6.54 Å². The standard InChI is InChI=1S/C36H49NO6/c1-2-3-4-5-6-7-8-11-14-21-32(38)33-30-19-15-16-20-31(30)37(34(33)36(41)42)26-17-12-9-10-13-18-27-43-29-24-22-28(23-25-29)35(39)40/h15-16,19-20,22-25H,2-14,17-18,21,26-27H2,1H3,(H,39,40)(H,41,42). The Labute approximate surface area is 256 Å². The molecule has 1 heterocycles. The maximum absolute atomic E-state index is 13.3. The van der Waals surface area contributed by atoms with E-state index in [0.29, 0.717) is 30.9 Å². The predicted molar refractivity (Wildman–Crippen MR) is 172 cm³/mol. The Hall–Kier alpha value is -3.61. The van der Waals surface area contributed by atoms with Gasteiger partial charge in [-0.15, -0.1) is 0 Å². The highest BCUT2D eigenvalue weighted by molar-refractivity contribution is 6.15. The molecule has 234 valence electrons. The Balaban J connectivity index is 1.43. The molecule has 0 bridgehead atoms. The summed E-state index contributed by atoms with van der Waals surface area (Å²) < 4.78 is 7.54. The van der Waals surface area contributed by atoms with Crippen LogP contribution in [0.3, 0.4) is 0 Å². The van der Waals surface area contributed by atoms with E-state index in [1.54, 1.807) is 12.1 Å². The fourth-order valence-corrected chi connectivity index (χ4v) is 5.72. The number of carboxylic acids is 2. The van der Waals surface area contributed by atoms with Gasteiger partial charge in [0.25, 0.3) is 0 Å². The van der Waals surface area contributed by atoms with Gasteiger partial charge in [0.1, 0.15) is 11.4 Å². The van der Waals surface area contributed by atoms with Crippen molar-refractivity contribution in [3.05, 3.63) is 65.4 Å². The van der Waals surface area contributed by atoms with Crippen LogP contribution in [0.25, 0.3) is 10.9 Å². The van der Waals surface area contributed by atoms with E-state index in [1.165, 1.54) is 50.7 Å². The van der Waals surface area contributed by atoms with Crippen LogP contribution in [-0.4, -0.2) is 39.1 Å². The van der Waals surface area contributed by atoms with Crippen LogP contribution in [0.15, 0.2) is 48.5 Å². The molecule has 3 aromatic rings. The van der Waals surface area contributed by atoms with E-state index in [1.807, 2.05) is 28.8 Å². The lowest BCUT2D eigenvalue weighted by Gasteiger charge is -2.09. The van der Waals surface area contributed by atoms with Crippen molar-refractivity contribution in [1.82, 2.24) is 4.57 Å². The predicted octanol–water partition coefficient (Wildman–Crippen LogP) is 9.56. The zero-order valence-electron chi connectivity index (χ0n) is 25.8. The molecule has 1 aromatic heterocycles. The van der Waals surface area contributed by atoms with Crippen molar-refractivity contribution >= 4 is 28.6 Å². The molecule has 0 amide bonds. The van der Waals surface area contributed by atoms with E-state index < -0.39 is 11.9 Å². The van der Waals surface area contributed by atoms with Gasteiger partial charge in [-0.2, -0.15) is 0 Å². The van der Waals surface area contributed by atoms with Crippen LogP contribution in [0.4, 0.5) is 0 Å². The number of carbonyl (C=O) groups is 3. The minimum atomic E-state index is -1.04. The first-order valence-electron chi connectivity index (χ1n) is 16.3. The number of aryl methyl sites for hydroxylation is 1. The van der Waals surface area contributed by atoms with Crippen molar-refractivity contribution in [2.75, 3.05) is 6.61 Å². The number of aromatic carboxylic acids is 2. The van der Waals surface area contributed by atoms with Gasteiger partial charge >= 0.3 is 11.9 Å². The third kappa shape index (κ3) is 10.9. The molecule has 3 rings (SSSR count). The molecule has 0 atom stereocenters. The summed E-state index contributed by atoms with van der Waals surface area (Å²) in [7, 11) is 0. The molecule has 0 aliphatic rings. The molecule has 2 N–H and O–H groups in total. The molecule has 0 aliphatic carbocycles. The number of aromatic nitrogens is 1. The van der Waals surface area contributed by atoms with Crippen LogP contribution < -0.4 is 4.74 Å². The summed E-state index contributed by atoms with van der Waals surface area (Å²) in [6.45, 7) is 3.38. The molecule has 0 saturated carbocycles. The van der Waals surface area contributed by atoms with E-state index in [0.717, 1.165) is 68.7 Å². The van der Waals surface area contributed by atoms with Crippen LogP contribution in [0.5, 0.6) is 5.75 Å². The number of nitrogens with zero attached hydrogens (tertiary/aromatic N) is 1. The van der Waals surface area contributed by atoms with Crippen LogP contribution >= 0.6 is 0 Å². The number of carboxylic acid groups (broad SMARTS) is 2. The lowest BCUT2D eigenvalue weighted by Crippen LogP contribution is -2.13. The average molecular weight is 592 g/mol. The first kappa shape index (κ1) is 33.9. The van der Waals surface area contributed by atoms with Crippen molar-refractivity contribution in [2.24, 2.45) is 0 Å². The molecule has 7 heteroatoms. The third-order valence-electron chi connectivity index (χ3n) is 8.11. The number of carbonyl (C=O) groups excluding carboxylic acids is 1. The van der Waals surface area contributed by atoms with Crippen molar-refractivity contribution in [2.45, 2.75) is 116 Å². The van der Waals surface area contributed by atoms with Crippen LogP contribution in [0.2, 0.25) is 0 Å². The number of rotatable bonds is 23. The van der Waals surface area contributed by atoms with Crippen molar-refractivity contribution < 1.29 is 29.3 Å². The molecule has 0 spiro atoms. The Bertz CT molecular complexity index is 1290. The number of hydrogen-bond donors (Lipinski definition) is 2. The Kier molecular flexibility index (Phi) is 14.8. The van der Waals surface area contributed by atoms with E-state index >= 15 is 0 Å². The molecule has 0 saturated heterocycles. The monoisotopic (exact) mass is 591 g/mol. The fraction of sp³-hybridized carbons (Fsp3) is 0.528. The first-order chi connectivity index (χ1) is 20.9. The van der Waals surface area contributed by atoms with Gasteiger partial charge < -0.3 is 19.5 Å². The topological polar surface area (TPSA) is 106 Å². The van der Waals surface area contributed by atoms with E-state index in [2.05, 4.69) is 6.92 Å². The molecule has 43 heavy (non-hydrogen) atoms.